The van der Waals surface area contributed by atoms with Gasteiger partial charge in [-0.15, -0.1) is 0 Å². The molecule has 0 bridgehead atoms. The van der Waals surface area contributed by atoms with E-state index in [4.69, 9.17) is 0 Å². The van der Waals surface area contributed by atoms with Gasteiger partial charge in [0.25, 0.3) is 5.91 Å². The summed E-state index contributed by atoms with van der Waals surface area (Å²) in [5.74, 6) is -1.28. The third-order valence-electron chi connectivity index (χ3n) is 3.22. The van der Waals surface area contributed by atoms with Crippen molar-refractivity contribution in [2.45, 2.75) is 52.6 Å². The Morgan fingerprint density at radius 1 is 0.957 bits per heavy atom. The SMILES string of the molecule is CC(C)C[C@H](NC(=O)C(=O)Cc1ccccc1)C(=O)NC(C)C. The lowest BCUT2D eigenvalue weighted by Gasteiger charge is -2.21. The number of nitrogens with one attached hydrogen (secondary N) is 2. The third kappa shape index (κ3) is 7.08. The van der Waals surface area contributed by atoms with Crippen LogP contribution in [0.3, 0.4) is 0 Å². The van der Waals surface area contributed by atoms with E-state index < -0.39 is 17.7 Å². The van der Waals surface area contributed by atoms with E-state index in [1.54, 1.807) is 12.1 Å². The summed E-state index contributed by atoms with van der Waals surface area (Å²) < 4.78 is 0. The lowest BCUT2D eigenvalue weighted by molar-refractivity contribution is -0.139. The smallest absolute Gasteiger partial charge is 0.288 e. The number of hydrogen-bond donors (Lipinski definition) is 2. The first-order chi connectivity index (χ1) is 10.8. The molecule has 0 aromatic heterocycles. The molecule has 23 heavy (non-hydrogen) atoms. The topological polar surface area (TPSA) is 75.3 Å². The van der Waals surface area contributed by atoms with E-state index in [2.05, 4.69) is 10.6 Å². The molecule has 0 aliphatic carbocycles. The highest BCUT2D eigenvalue weighted by Gasteiger charge is 2.25. The van der Waals surface area contributed by atoms with Crippen LogP contribution in [0, 0.1) is 5.92 Å². The van der Waals surface area contributed by atoms with Crippen LogP contribution in [0.4, 0.5) is 0 Å². The molecule has 0 heterocycles. The van der Waals surface area contributed by atoms with E-state index >= 15 is 0 Å². The number of ketones is 1. The average molecular weight is 318 g/mol. The van der Waals surface area contributed by atoms with E-state index in [0.717, 1.165) is 5.56 Å². The summed E-state index contributed by atoms with van der Waals surface area (Å²) in [5, 5.41) is 5.35. The molecule has 5 nitrogen and oxygen atoms in total. The summed E-state index contributed by atoms with van der Waals surface area (Å²) in [6.45, 7) is 7.64. The minimum absolute atomic E-state index is 0.0194. The fourth-order valence-corrected chi connectivity index (χ4v) is 2.19. The molecule has 0 unspecified atom stereocenters. The predicted octanol–water partition coefficient (Wildman–Crippen LogP) is 1.85. The minimum Gasteiger partial charge on any atom is -0.352 e. The van der Waals surface area contributed by atoms with Gasteiger partial charge in [-0.3, -0.25) is 14.4 Å². The zero-order chi connectivity index (χ0) is 17.4. The molecular formula is C18H26N2O3. The number of carbonyl (C=O) groups excluding carboxylic acids is 3. The molecule has 5 heteroatoms. The van der Waals surface area contributed by atoms with Crippen molar-refractivity contribution in [2.75, 3.05) is 0 Å². The van der Waals surface area contributed by atoms with Crippen LogP contribution in [0.25, 0.3) is 0 Å². The standard InChI is InChI=1S/C18H26N2O3/c1-12(2)10-15(17(22)19-13(3)4)20-18(23)16(21)11-14-8-6-5-7-9-14/h5-9,12-13,15H,10-11H2,1-4H3,(H,19,22)(H,20,23)/t15-/m0/s1. The molecule has 0 saturated heterocycles. The Morgan fingerprint density at radius 3 is 2.09 bits per heavy atom. The Labute approximate surface area is 137 Å². The molecule has 2 amide bonds. The van der Waals surface area contributed by atoms with Crippen molar-refractivity contribution in [3.05, 3.63) is 35.9 Å². The fourth-order valence-electron chi connectivity index (χ4n) is 2.19. The Balaban J connectivity index is 2.68. The second-order valence-electron chi connectivity index (χ2n) is 6.40. The highest BCUT2D eigenvalue weighted by atomic mass is 16.2. The van der Waals surface area contributed by atoms with Crippen LogP contribution in [-0.2, 0) is 20.8 Å². The Bertz CT molecular complexity index is 538. The van der Waals surface area contributed by atoms with Gasteiger partial charge in [0.05, 0.1) is 0 Å². The highest BCUT2D eigenvalue weighted by Crippen LogP contribution is 2.06. The number of hydrogen-bond acceptors (Lipinski definition) is 3. The van der Waals surface area contributed by atoms with Crippen LogP contribution in [0.1, 0.15) is 39.7 Å². The van der Waals surface area contributed by atoms with Crippen LogP contribution >= 0.6 is 0 Å². The molecule has 1 aromatic carbocycles. The highest BCUT2D eigenvalue weighted by molar-refractivity contribution is 6.37. The van der Waals surface area contributed by atoms with Crippen molar-refractivity contribution in [3.63, 3.8) is 0 Å². The lowest BCUT2D eigenvalue weighted by Crippen LogP contribution is -2.50. The largest absolute Gasteiger partial charge is 0.352 e. The summed E-state index contributed by atoms with van der Waals surface area (Å²) in [6.07, 6.45) is 0.524. The van der Waals surface area contributed by atoms with Crippen LogP contribution in [0.15, 0.2) is 30.3 Å². The normalized spacial score (nSPS) is 12.1. The molecule has 1 rings (SSSR count). The van der Waals surface area contributed by atoms with Gasteiger partial charge in [0.15, 0.2) is 0 Å². The number of Topliss-reactive ketones (excluding diaryl/α,β-unsaturated/α-hetero) is 1. The summed E-state index contributed by atoms with van der Waals surface area (Å²) in [4.78, 5) is 36.3. The van der Waals surface area contributed by atoms with Crippen molar-refractivity contribution in [1.82, 2.24) is 10.6 Å². The number of carbonyl (C=O) groups is 3. The van der Waals surface area contributed by atoms with Gasteiger partial charge in [0, 0.05) is 12.5 Å². The van der Waals surface area contributed by atoms with Gasteiger partial charge in [-0.05, 0) is 31.7 Å². The summed E-state index contributed by atoms with van der Waals surface area (Å²) in [5.41, 5.74) is 0.777. The molecular weight excluding hydrogens is 292 g/mol. The maximum Gasteiger partial charge on any atom is 0.288 e. The van der Waals surface area contributed by atoms with E-state index in [1.165, 1.54) is 0 Å². The van der Waals surface area contributed by atoms with Crippen LogP contribution in [0.2, 0.25) is 0 Å². The Morgan fingerprint density at radius 2 is 1.57 bits per heavy atom. The molecule has 1 aromatic rings. The summed E-state index contributed by atoms with van der Waals surface area (Å²) in [7, 11) is 0. The average Bonchev–Trinajstić information content (AvgIpc) is 2.46. The maximum absolute atomic E-state index is 12.2. The molecule has 0 aliphatic heterocycles. The zero-order valence-corrected chi connectivity index (χ0v) is 14.3. The van der Waals surface area contributed by atoms with Gasteiger partial charge in [0.2, 0.25) is 11.7 Å². The summed E-state index contributed by atoms with van der Waals surface area (Å²) >= 11 is 0. The first kappa shape index (κ1) is 18.9. The second-order valence-corrected chi connectivity index (χ2v) is 6.40. The van der Waals surface area contributed by atoms with Gasteiger partial charge in [0.1, 0.15) is 6.04 Å². The minimum atomic E-state index is -0.710. The molecule has 1 atom stereocenters. The molecule has 0 radical (unpaired) electrons. The van der Waals surface area contributed by atoms with Gasteiger partial charge < -0.3 is 10.6 Å². The van der Waals surface area contributed by atoms with Gasteiger partial charge in [-0.25, -0.2) is 0 Å². The number of rotatable bonds is 8. The van der Waals surface area contributed by atoms with Crippen molar-refractivity contribution in [1.29, 1.82) is 0 Å². The van der Waals surface area contributed by atoms with Crippen molar-refractivity contribution in [3.8, 4) is 0 Å². The lowest BCUT2D eigenvalue weighted by atomic mass is 10.0. The second kappa shape index (κ2) is 9.08. The van der Waals surface area contributed by atoms with E-state index in [9.17, 15) is 14.4 Å². The first-order valence-electron chi connectivity index (χ1n) is 7.97. The molecule has 2 N–H and O–H groups in total. The Kier molecular flexibility index (Phi) is 7.45. The number of amides is 2. The quantitative estimate of drug-likeness (QED) is 0.718. The maximum atomic E-state index is 12.2. The third-order valence-corrected chi connectivity index (χ3v) is 3.22. The molecule has 0 spiro atoms. The molecule has 0 fully saturated rings. The zero-order valence-electron chi connectivity index (χ0n) is 14.3. The van der Waals surface area contributed by atoms with Gasteiger partial charge in [-0.2, -0.15) is 0 Å². The van der Waals surface area contributed by atoms with Gasteiger partial charge >= 0.3 is 0 Å². The predicted molar refractivity (Wildman–Crippen MR) is 89.8 cm³/mol. The van der Waals surface area contributed by atoms with E-state index in [-0.39, 0.29) is 24.3 Å². The fraction of sp³-hybridized carbons (Fsp3) is 0.500. The van der Waals surface area contributed by atoms with E-state index in [0.29, 0.717) is 6.42 Å². The van der Waals surface area contributed by atoms with Crippen LogP contribution < -0.4 is 10.6 Å². The van der Waals surface area contributed by atoms with Crippen LogP contribution in [0.5, 0.6) is 0 Å². The molecule has 0 saturated carbocycles. The first-order valence-corrected chi connectivity index (χ1v) is 7.97. The van der Waals surface area contributed by atoms with Gasteiger partial charge in [-0.1, -0.05) is 44.2 Å². The van der Waals surface area contributed by atoms with Crippen molar-refractivity contribution >= 4 is 17.6 Å². The van der Waals surface area contributed by atoms with Crippen LogP contribution in [-0.4, -0.2) is 29.7 Å². The number of benzene rings is 1. The van der Waals surface area contributed by atoms with Crippen molar-refractivity contribution < 1.29 is 14.4 Å². The molecule has 0 aliphatic rings. The van der Waals surface area contributed by atoms with E-state index in [1.807, 2.05) is 45.9 Å². The molecule has 126 valence electrons. The monoisotopic (exact) mass is 318 g/mol. The summed E-state index contributed by atoms with van der Waals surface area (Å²) in [6, 6.07) is 8.36. The Hall–Kier alpha value is -2.17. The van der Waals surface area contributed by atoms with Crippen molar-refractivity contribution in [2.24, 2.45) is 5.92 Å².